The highest BCUT2D eigenvalue weighted by Gasteiger charge is 2.27. The summed E-state index contributed by atoms with van der Waals surface area (Å²) >= 11 is 0. The van der Waals surface area contributed by atoms with Crippen molar-refractivity contribution in [1.29, 1.82) is 0 Å². The first kappa shape index (κ1) is 22.3. The largest absolute Gasteiger partial charge is 0.478 e. The molecule has 0 radical (unpaired) electrons. The van der Waals surface area contributed by atoms with Crippen molar-refractivity contribution in [3.05, 3.63) is 23.9 Å². The van der Waals surface area contributed by atoms with E-state index in [4.69, 9.17) is 9.84 Å². The number of anilines is 1. The predicted molar refractivity (Wildman–Crippen MR) is 115 cm³/mol. The van der Waals surface area contributed by atoms with Crippen LogP contribution in [0.15, 0.2) is 18.3 Å². The molecule has 3 rings (SSSR count). The monoisotopic (exact) mass is 418 g/mol. The predicted octanol–water partition coefficient (Wildman–Crippen LogP) is 2.94. The number of carbonyl (C=O) groups excluding carboxylic acids is 1. The molecule has 2 aliphatic heterocycles. The average molecular weight is 419 g/mol. The van der Waals surface area contributed by atoms with E-state index >= 15 is 0 Å². The molecule has 1 aromatic rings. The van der Waals surface area contributed by atoms with Crippen molar-refractivity contribution in [2.45, 2.75) is 45.6 Å². The highest BCUT2D eigenvalue weighted by Crippen LogP contribution is 2.23. The van der Waals surface area contributed by atoms with Crippen LogP contribution in [0.2, 0.25) is 0 Å². The Bertz CT molecular complexity index is 716. The molecular weight excluding hydrogens is 384 g/mol. The van der Waals surface area contributed by atoms with E-state index in [2.05, 4.69) is 14.8 Å². The maximum Gasteiger partial charge on any atom is 0.410 e. The minimum absolute atomic E-state index is 0.193. The molecule has 166 valence electrons. The molecule has 1 amide bonds. The van der Waals surface area contributed by atoms with Crippen molar-refractivity contribution in [3.63, 3.8) is 0 Å². The first-order valence-electron chi connectivity index (χ1n) is 10.9. The Balaban J connectivity index is 1.35. The zero-order valence-electron chi connectivity index (χ0n) is 18.3. The Morgan fingerprint density at radius 2 is 1.77 bits per heavy atom. The van der Waals surface area contributed by atoms with Crippen LogP contribution in [0.3, 0.4) is 0 Å². The fourth-order valence-electron chi connectivity index (χ4n) is 4.00. The number of carboxylic acids is 1. The first-order chi connectivity index (χ1) is 14.2. The zero-order chi connectivity index (χ0) is 21.7. The number of ether oxygens (including phenoxy) is 1. The quantitative estimate of drug-likeness (QED) is 0.787. The molecule has 8 heteroatoms. The highest BCUT2D eigenvalue weighted by atomic mass is 16.6. The van der Waals surface area contributed by atoms with Gasteiger partial charge in [-0.05, 0) is 64.6 Å². The molecule has 0 spiro atoms. The van der Waals surface area contributed by atoms with Crippen molar-refractivity contribution in [2.24, 2.45) is 5.92 Å². The van der Waals surface area contributed by atoms with Crippen LogP contribution in [-0.2, 0) is 4.74 Å². The average Bonchev–Trinajstić information content (AvgIpc) is 2.72. The summed E-state index contributed by atoms with van der Waals surface area (Å²) < 4.78 is 5.47. The van der Waals surface area contributed by atoms with Crippen LogP contribution in [0.25, 0.3) is 0 Å². The highest BCUT2D eigenvalue weighted by molar-refractivity contribution is 5.87. The number of piperidine rings is 1. The lowest BCUT2D eigenvalue weighted by Crippen LogP contribution is -2.47. The first-order valence-corrected chi connectivity index (χ1v) is 10.9. The molecule has 0 unspecified atom stereocenters. The maximum absolute atomic E-state index is 12.2. The van der Waals surface area contributed by atoms with Crippen LogP contribution < -0.4 is 4.90 Å². The summed E-state index contributed by atoms with van der Waals surface area (Å²) in [4.78, 5) is 34.0. The number of amides is 1. The molecule has 0 aliphatic carbocycles. The molecule has 3 heterocycles. The van der Waals surface area contributed by atoms with Crippen molar-refractivity contribution >= 4 is 17.9 Å². The van der Waals surface area contributed by atoms with E-state index in [9.17, 15) is 9.59 Å². The van der Waals surface area contributed by atoms with Gasteiger partial charge in [0.1, 0.15) is 11.4 Å². The SMILES string of the molecule is CC(C)(C)OC(=O)N1CCC(CCN2CCN(c3ccc(C(=O)O)cn3)CC2)CC1. The van der Waals surface area contributed by atoms with Gasteiger partial charge in [-0.15, -0.1) is 0 Å². The fourth-order valence-corrected chi connectivity index (χ4v) is 4.00. The Morgan fingerprint density at radius 3 is 2.30 bits per heavy atom. The summed E-state index contributed by atoms with van der Waals surface area (Å²) in [5, 5.41) is 8.99. The van der Waals surface area contributed by atoms with Gasteiger partial charge in [0, 0.05) is 45.5 Å². The molecule has 2 saturated heterocycles. The van der Waals surface area contributed by atoms with E-state index < -0.39 is 11.6 Å². The van der Waals surface area contributed by atoms with Gasteiger partial charge in [0.2, 0.25) is 0 Å². The van der Waals surface area contributed by atoms with Gasteiger partial charge >= 0.3 is 12.1 Å². The van der Waals surface area contributed by atoms with E-state index in [1.807, 2.05) is 25.7 Å². The second-order valence-corrected chi connectivity index (χ2v) is 9.24. The summed E-state index contributed by atoms with van der Waals surface area (Å²) in [6, 6.07) is 3.40. The van der Waals surface area contributed by atoms with Crippen molar-refractivity contribution in [1.82, 2.24) is 14.8 Å². The van der Waals surface area contributed by atoms with Gasteiger partial charge in [0.05, 0.1) is 5.56 Å². The number of hydrogen-bond donors (Lipinski definition) is 1. The summed E-state index contributed by atoms with van der Waals surface area (Å²) in [6.45, 7) is 12.1. The lowest BCUT2D eigenvalue weighted by Gasteiger charge is -2.37. The molecule has 2 aliphatic rings. The molecule has 2 fully saturated rings. The third kappa shape index (κ3) is 6.32. The Kier molecular flexibility index (Phi) is 7.18. The van der Waals surface area contributed by atoms with Crippen LogP contribution >= 0.6 is 0 Å². The third-order valence-electron chi connectivity index (χ3n) is 5.81. The van der Waals surface area contributed by atoms with E-state index in [-0.39, 0.29) is 11.7 Å². The molecule has 1 N–H and O–H groups in total. The summed E-state index contributed by atoms with van der Waals surface area (Å²) in [5.41, 5.74) is -0.223. The number of likely N-dealkylation sites (tertiary alicyclic amines) is 1. The van der Waals surface area contributed by atoms with Crippen molar-refractivity contribution in [3.8, 4) is 0 Å². The second-order valence-electron chi connectivity index (χ2n) is 9.24. The lowest BCUT2D eigenvalue weighted by atomic mass is 9.93. The van der Waals surface area contributed by atoms with Crippen molar-refractivity contribution in [2.75, 3.05) is 50.7 Å². The number of carbonyl (C=O) groups is 2. The standard InChI is InChI=1S/C22H34N4O4/c1-22(2,3)30-21(29)26-10-7-17(8-11-26)6-9-24-12-14-25(15-13-24)19-5-4-18(16-23-19)20(27)28/h4-5,16-17H,6-15H2,1-3H3,(H,27,28). The fraction of sp³-hybridized carbons (Fsp3) is 0.682. The van der Waals surface area contributed by atoms with Gasteiger partial charge in [-0.2, -0.15) is 0 Å². The molecule has 1 aromatic heterocycles. The van der Waals surface area contributed by atoms with Gasteiger partial charge < -0.3 is 19.6 Å². The van der Waals surface area contributed by atoms with Gasteiger partial charge in [-0.1, -0.05) is 0 Å². The minimum Gasteiger partial charge on any atom is -0.478 e. The number of nitrogens with zero attached hydrogens (tertiary/aromatic N) is 4. The van der Waals surface area contributed by atoms with E-state index in [0.29, 0.717) is 5.92 Å². The van der Waals surface area contributed by atoms with E-state index in [0.717, 1.165) is 70.9 Å². The zero-order valence-corrected chi connectivity index (χ0v) is 18.3. The number of carboxylic acid groups (broad SMARTS) is 1. The lowest BCUT2D eigenvalue weighted by molar-refractivity contribution is 0.0177. The summed E-state index contributed by atoms with van der Waals surface area (Å²) in [6.07, 6.45) is 4.47. The number of pyridine rings is 1. The number of rotatable bonds is 5. The van der Waals surface area contributed by atoms with Crippen LogP contribution in [0.5, 0.6) is 0 Å². The van der Waals surface area contributed by atoms with Crippen LogP contribution in [0, 0.1) is 5.92 Å². The third-order valence-corrected chi connectivity index (χ3v) is 5.81. The molecule has 0 saturated carbocycles. The number of aromatic carboxylic acids is 1. The van der Waals surface area contributed by atoms with E-state index in [1.165, 1.54) is 6.20 Å². The van der Waals surface area contributed by atoms with Gasteiger partial charge in [0.15, 0.2) is 0 Å². The van der Waals surface area contributed by atoms with Gasteiger partial charge in [0.25, 0.3) is 0 Å². The molecule has 0 aromatic carbocycles. The Morgan fingerprint density at radius 1 is 1.10 bits per heavy atom. The van der Waals surface area contributed by atoms with Gasteiger partial charge in [-0.25, -0.2) is 14.6 Å². The molecular formula is C22H34N4O4. The topological polar surface area (TPSA) is 86.2 Å². The summed E-state index contributed by atoms with van der Waals surface area (Å²) in [7, 11) is 0. The van der Waals surface area contributed by atoms with Crippen LogP contribution in [0.4, 0.5) is 10.6 Å². The Hall–Kier alpha value is -2.35. The Labute approximate surface area is 178 Å². The number of piperazine rings is 1. The maximum atomic E-state index is 12.2. The smallest absolute Gasteiger partial charge is 0.410 e. The molecule has 0 atom stereocenters. The van der Waals surface area contributed by atoms with Gasteiger partial charge in [-0.3, -0.25) is 4.90 Å². The number of aromatic nitrogens is 1. The number of hydrogen-bond acceptors (Lipinski definition) is 6. The molecule has 30 heavy (non-hydrogen) atoms. The molecule has 8 nitrogen and oxygen atoms in total. The van der Waals surface area contributed by atoms with E-state index in [1.54, 1.807) is 12.1 Å². The minimum atomic E-state index is -0.948. The molecule has 0 bridgehead atoms. The second kappa shape index (κ2) is 9.64. The van der Waals surface area contributed by atoms with Crippen molar-refractivity contribution < 1.29 is 19.4 Å². The summed E-state index contributed by atoms with van der Waals surface area (Å²) in [5.74, 6) is 0.553. The van der Waals surface area contributed by atoms with Crippen LogP contribution in [0.1, 0.15) is 50.4 Å². The normalized spacial score (nSPS) is 19.0. The van der Waals surface area contributed by atoms with Crippen LogP contribution in [-0.4, -0.2) is 83.4 Å².